The van der Waals surface area contributed by atoms with E-state index in [1.807, 2.05) is 6.07 Å². The number of pyridine rings is 1. The summed E-state index contributed by atoms with van der Waals surface area (Å²) in [5.41, 5.74) is 7.18. The van der Waals surface area contributed by atoms with Gasteiger partial charge in [0.05, 0.1) is 0 Å². The third kappa shape index (κ3) is 3.19. The van der Waals surface area contributed by atoms with E-state index >= 15 is 0 Å². The lowest BCUT2D eigenvalue weighted by molar-refractivity contribution is 0.468. The van der Waals surface area contributed by atoms with Crippen molar-refractivity contribution in [2.24, 2.45) is 5.73 Å². The molecule has 0 spiro atoms. The van der Waals surface area contributed by atoms with Crippen LogP contribution in [0.15, 0.2) is 40.2 Å². The van der Waals surface area contributed by atoms with Crippen LogP contribution in [0.5, 0.6) is 0 Å². The first-order valence-corrected chi connectivity index (χ1v) is 7.98. The molecule has 0 saturated heterocycles. The minimum Gasteiger partial charge on any atom is -0.326 e. The molecule has 2 aromatic heterocycles. The van der Waals surface area contributed by atoms with Gasteiger partial charge in [0, 0.05) is 32.5 Å². The van der Waals surface area contributed by atoms with Crippen molar-refractivity contribution in [1.82, 2.24) is 9.29 Å². The van der Waals surface area contributed by atoms with Crippen LogP contribution in [0.1, 0.15) is 11.1 Å². The number of hydrogen-bond acceptors (Lipinski definition) is 5. The zero-order chi connectivity index (χ0) is 13.9. The predicted octanol–water partition coefficient (Wildman–Crippen LogP) is 1.42. The Balaban J connectivity index is 2.19. The van der Waals surface area contributed by atoms with Crippen LogP contribution in [0.2, 0.25) is 0 Å². The van der Waals surface area contributed by atoms with E-state index in [2.05, 4.69) is 4.98 Å². The first-order valence-electron chi connectivity index (χ1n) is 5.67. The second-order valence-electron chi connectivity index (χ2n) is 4.10. The molecule has 5 nitrogen and oxygen atoms in total. The summed E-state index contributed by atoms with van der Waals surface area (Å²) in [6.07, 6.45) is 3.32. The predicted molar refractivity (Wildman–Crippen MR) is 75.1 cm³/mol. The molecule has 0 radical (unpaired) electrons. The van der Waals surface area contributed by atoms with Crippen molar-refractivity contribution in [2.75, 3.05) is 7.05 Å². The van der Waals surface area contributed by atoms with Gasteiger partial charge >= 0.3 is 0 Å². The number of nitrogens with zero attached hydrogens (tertiary/aromatic N) is 2. The van der Waals surface area contributed by atoms with E-state index in [0.29, 0.717) is 17.3 Å². The van der Waals surface area contributed by atoms with Gasteiger partial charge in [0.25, 0.3) is 10.0 Å². The Morgan fingerprint density at radius 2 is 2.21 bits per heavy atom. The van der Waals surface area contributed by atoms with Gasteiger partial charge in [0.15, 0.2) is 0 Å². The van der Waals surface area contributed by atoms with Gasteiger partial charge in [-0.25, -0.2) is 8.42 Å². The van der Waals surface area contributed by atoms with Gasteiger partial charge in [-0.1, -0.05) is 6.07 Å². The summed E-state index contributed by atoms with van der Waals surface area (Å²) in [7, 11) is -1.90. The first-order chi connectivity index (χ1) is 9.04. The van der Waals surface area contributed by atoms with Crippen LogP contribution in [0, 0.1) is 0 Å². The Morgan fingerprint density at radius 3 is 2.79 bits per heavy atom. The Kier molecular flexibility index (Phi) is 4.31. The van der Waals surface area contributed by atoms with Crippen LogP contribution in [0.3, 0.4) is 0 Å². The van der Waals surface area contributed by atoms with Crippen molar-refractivity contribution in [1.29, 1.82) is 0 Å². The molecule has 0 atom stereocenters. The van der Waals surface area contributed by atoms with Crippen molar-refractivity contribution in [2.45, 2.75) is 17.3 Å². The number of rotatable bonds is 5. The summed E-state index contributed by atoms with van der Waals surface area (Å²) in [5.74, 6) is 0. The van der Waals surface area contributed by atoms with E-state index in [0.717, 1.165) is 11.1 Å². The molecule has 0 saturated carbocycles. The highest BCUT2D eigenvalue weighted by Gasteiger charge is 2.22. The fourth-order valence-corrected chi connectivity index (χ4v) is 4.17. The maximum absolute atomic E-state index is 12.3. The van der Waals surface area contributed by atoms with E-state index < -0.39 is 10.0 Å². The van der Waals surface area contributed by atoms with Gasteiger partial charge in [-0.05, 0) is 28.6 Å². The SMILES string of the molecule is CN(Cc1cccnc1)S(=O)(=O)c1cc(CN)cs1. The van der Waals surface area contributed by atoms with E-state index in [9.17, 15) is 8.42 Å². The van der Waals surface area contributed by atoms with Crippen LogP contribution in [-0.4, -0.2) is 24.8 Å². The molecule has 0 fully saturated rings. The molecule has 7 heteroatoms. The molecule has 19 heavy (non-hydrogen) atoms. The average molecular weight is 297 g/mol. The van der Waals surface area contributed by atoms with Crippen LogP contribution in [0.4, 0.5) is 0 Å². The maximum atomic E-state index is 12.3. The van der Waals surface area contributed by atoms with Gasteiger partial charge in [-0.15, -0.1) is 11.3 Å². The highest BCUT2D eigenvalue weighted by Crippen LogP contribution is 2.23. The third-order valence-electron chi connectivity index (χ3n) is 2.66. The topological polar surface area (TPSA) is 76.3 Å². The molecule has 0 aliphatic carbocycles. The van der Waals surface area contributed by atoms with Crippen molar-refractivity contribution < 1.29 is 8.42 Å². The number of thiophene rings is 1. The number of nitrogens with two attached hydrogens (primary N) is 1. The highest BCUT2D eigenvalue weighted by atomic mass is 32.2. The summed E-state index contributed by atoms with van der Waals surface area (Å²) in [6.45, 7) is 0.643. The van der Waals surface area contributed by atoms with Gasteiger partial charge < -0.3 is 5.73 Å². The van der Waals surface area contributed by atoms with Crippen molar-refractivity contribution in [3.63, 3.8) is 0 Å². The van der Waals surface area contributed by atoms with Gasteiger partial charge in [0.1, 0.15) is 4.21 Å². The molecule has 2 aromatic rings. The summed E-state index contributed by atoms with van der Waals surface area (Å²) >= 11 is 1.19. The molecule has 2 heterocycles. The summed E-state index contributed by atoms with van der Waals surface area (Å²) in [5, 5.41) is 1.77. The second kappa shape index (κ2) is 5.79. The molecule has 0 aliphatic rings. The molecule has 102 valence electrons. The zero-order valence-electron chi connectivity index (χ0n) is 10.5. The van der Waals surface area contributed by atoms with Crippen molar-refractivity contribution >= 4 is 21.4 Å². The molecule has 0 amide bonds. The standard InChI is InChI=1S/C12H15N3O2S2/c1-15(8-10-3-2-4-14-7-10)19(16,17)12-5-11(6-13)9-18-12/h2-5,7,9H,6,8,13H2,1H3. The van der Waals surface area contributed by atoms with E-state index in [-0.39, 0.29) is 0 Å². The Bertz CT molecular complexity index is 638. The van der Waals surface area contributed by atoms with Crippen LogP contribution in [-0.2, 0) is 23.1 Å². The molecule has 2 rings (SSSR count). The van der Waals surface area contributed by atoms with E-state index in [1.54, 1.807) is 37.0 Å². The van der Waals surface area contributed by atoms with Crippen molar-refractivity contribution in [3.05, 3.63) is 47.1 Å². The lowest BCUT2D eigenvalue weighted by atomic mass is 10.3. The van der Waals surface area contributed by atoms with E-state index in [4.69, 9.17) is 5.73 Å². The lowest BCUT2D eigenvalue weighted by Crippen LogP contribution is -2.25. The molecular weight excluding hydrogens is 282 g/mol. The Hall–Kier alpha value is -1.28. The number of sulfonamides is 1. The Labute approximate surface area is 116 Å². The van der Waals surface area contributed by atoms with Gasteiger partial charge in [-0.3, -0.25) is 4.98 Å². The zero-order valence-corrected chi connectivity index (χ0v) is 12.1. The van der Waals surface area contributed by atoms with Crippen molar-refractivity contribution in [3.8, 4) is 0 Å². The first kappa shape index (κ1) is 14.1. The Morgan fingerprint density at radius 1 is 1.42 bits per heavy atom. The number of aromatic nitrogens is 1. The molecule has 0 unspecified atom stereocenters. The van der Waals surface area contributed by atoms with Crippen LogP contribution >= 0.6 is 11.3 Å². The minimum atomic E-state index is -3.46. The maximum Gasteiger partial charge on any atom is 0.252 e. The summed E-state index contributed by atoms with van der Waals surface area (Å²) in [6, 6.07) is 5.26. The molecular formula is C12H15N3O2S2. The van der Waals surface area contributed by atoms with Crippen LogP contribution < -0.4 is 5.73 Å². The lowest BCUT2D eigenvalue weighted by Gasteiger charge is -2.15. The van der Waals surface area contributed by atoms with E-state index in [1.165, 1.54) is 15.6 Å². The largest absolute Gasteiger partial charge is 0.326 e. The highest BCUT2D eigenvalue weighted by molar-refractivity contribution is 7.91. The molecule has 2 N–H and O–H groups in total. The summed E-state index contributed by atoms with van der Waals surface area (Å²) in [4.78, 5) is 3.97. The molecule has 0 bridgehead atoms. The fourth-order valence-electron chi connectivity index (χ4n) is 1.58. The normalized spacial score (nSPS) is 11.9. The fraction of sp³-hybridized carbons (Fsp3) is 0.250. The average Bonchev–Trinajstić information content (AvgIpc) is 2.89. The second-order valence-corrected chi connectivity index (χ2v) is 7.28. The monoisotopic (exact) mass is 297 g/mol. The van der Waals surface area contributed by atoms with Crippen LogP contribution in [0.25, 0.3) is 0 Å². The minimum absolute atomic E-state index is 0.298. The smallest absolute Gasteiger partial charge is 0.252 e. The quantitative estimate of drug-likeness (QED) is 0.905. The third-order valence-corrected chi connectivity index (χ3v) is 5.93. The molecule has 0 aliphatic heterocycles. The summed E-state index contributed by atoms with van der Waals surface area (Å²) < 4.78 is 26.3. The van der Waals surface area contributed by atoms with Gasteiger partial charge in [-0.2, -0.15) is 4.31 Å². The molecule has 0 aromatic carbocycles. The number of hydrogen-bond donors (Lipinski definition) is 1. The van der Waals surface area contributed by atoms with Gasteiger partial charge in [0.2, 0.25) is 0 Å².